The molecule has 1 aliphatic rings. The molecule has 0 spiro atoms. The van der Waals surface area contributed by atoms with Crippen molar-refractivity contribution < 1.29 is 24.0 Å². The number of hydrogen-bond acceptors (Lipinski definition) is 6. The molecular weight excluding hydrogens is 634 g/mol. The van der Waals surface area contributed by atoms with Crippen LogP contribution in [0.15, 0.2) is 81.8 Å². The first-order valence-corrected chi connectivity index (χ1v) is 13.1. The molecule has 39 heavy (non-hydrogen) atoms. The largest absolute Gasteiger partial charge is 0.487 e. The van der Waals surface area contributed by atoms with Crippen LogP contribution in [-0.2, 0) is 22.6 Å². The van der Waals surface area contributed by atoms with E-state index < -0.39 is 22.8 Å². The van der Waals surface area contributed by atoms with Gasteiger partial charge in [-0.1, -0.05) is 34.1 Å². The van der Waals surface area contributed by atoms with Crippen LogP contribution in [0.1, 0.15) is 22.3 Å². The second-order valence-corrected chi connectivity index (χ2v) is 10.3. The van der Waals surface area contributed by atoms with Crippen LogP contribution in [0.25, 0.3) is 6.08 Å². The topological polar surface area (TPSA) is 119 Å². The standard InChI is InChI=1S/C28H21Br2N3O6/c1-3-5-19-11-18(14-24(30)25(19)39-15-17-6-4-7-21(12-17)33(37)38)13-22-26(34)31-28(36)32(27(22)35)20-8-9-23(29)16(2)10-20/h3-4,6-14H,1,5,15H2,2H3,(H,31,34,36)/b22-13+. The molecule has 0 aromatic heterocycles. The highest BCUT2D eigenvalue weighted by Crippen LogP contribution is 2.34. The van der Waals surface area contributed by atoms with Gasteiger partial charge < -0.3 is 4.74 Å². The van der Waals surface area contributed by atoms with Crippen LogP contribution in [-0.4, -0.2) is 22.8 Å². The van der Waals surface area contributed by atoms with Gasteiger partial charge in [0.25, 0.3) is 17.5 Å². The Morgan fingerprint density at radius 1 is 1.08 bits per heavy atom. The average Bonchev–Trinajstić information content (AvgIpc) is 2.88. The molecule has 1 N–H and O–H groups in total. The number of hydrogen-bond donors (Lipinski definition) is 1. The molecule has 0 aliphatic carbocycles. The van der Waals surface area contributed by atoms with Crippen LogP contribution in [0.3, 0.4) is 0 Å². The Hall–Kier alpha value is -4.09. The lowest BCUT2D eigenvalue weighted by atomic mass is 10.0. The summed E-state index contributed by atoms with van der Waals surface area (Å²) in [5, 5.41) is 13.3. The summed E-state index contributed by atoms with van der Waals surface area (Å²) in [5.41, 5.74) is 2.73. The van der Waals surface area contributed by atoms with Crippen molar-refractivity contribution in [2.24, 2.45) is 0 Å². The number of rotatable bonds is 8. The van der Waals surface area contributed by atoms with Gasteiger partial charge in [-0.25, -0.2) is 9.69 Å². The van der Waals surface area contributed by atoms with Gasteiger partial charge in [-0.2, -0.15) is 0 Å². The number of ether oxygens (including phenoxy) is 1. The molecule has 4 rings (SSSR count). The maximum Gasteiger partial charge on any atom is 0.335 e. The second kappa shape index (κ2) is 11.7. The third-order valence-electron chi connectivity index (χ3n) is 5.82. The molecule has 0 atom stereocenters. The van der Waals surface area contributed by atoms with Crippen molar-refractivity contribution in [3.8, 4) is 5.75 Å². The number of aryl methyl sites for hydroxylation is 1. The van der Waals surface area contributed by atoms with Crippen LogP contribution in [0.5, 0.6) is 5.75 Å². The molecule has 0 radical (unpaired) electrons. The van der Waals surface area contributed by atoms with Gasteiger partial charge >= 0.3 is 6.03 Å². The highest BCUT2D eigenvalue weighted by atomic mass is 79.9. The number of benzene rings is 3. The van der Waals surface area contributed by atoms with Gasteiger partial charge in [0.1, 0.15) is 17.9 Å². The molecular formula is C28H21Br2N3O6. The number of nitro benzene ring substituents is 1. The molecule has 1 aliphatic heterocycles. The van der Waals surface area contributed by atoms with Crippen molar-refractivity contribution in [1.82, 2.24) is 5.32 Å². The Labute approximate surface area is 240 Å². The summed E-state index contributed by atoms with van der Waals surface area (Å²) in [4.78, 5) is 50.1. The van der Waals surface area contributed by atoms with Gasteiger partial charge in [0.15, 0.2) is 0 Å². The van der Waals surface area contributed by atoms with Crippen LogP contribution < -0.4 is 15.0 Å². The predicted molar refractivity (Wildman–Crippen MR) is 153 cm³/mol. The number of imide groups is 2. The minimum Gasteiger partial charge on any atom is -0.487 e. The van der Waals surface area contributed by atoms with Crippen molar-refractivity contribution in [2.45, 2.75) is 20.0 Å². The quantitative estimate of drug-likeness (QED) is 0.0987. The Morgan fingerprint density at radius 3 is 2.54 bits per heavy atom. The molecule has 1 fully saturated rings. The van der Waals surface area contributed by atoms with E-state index in [1.807, 2.05) is 6.92 Å². The molecule has 0 bridgehead atoms. The molecule has 1 saturated heterocycles. The molecule has 1 heterocycles. The lowest BCUT2D eigenvalue weighted by molar-refractivity contribution is -0.384. The fourth-order valence-electron chi connectivity index (χ4n) is 3.97. The normalized spacial score (nSPS) is 14.4. The fourth-order valence-corrected chi connectivity index (χ4v) is 4.85. The molecule has 0 saturated carbocycles. The Kier molecular flexibility index (Phi) is 8.41. The number of barbiturate groups is 1. The molecule has 3 aromatic rings. The minimum absolute atomic E-state index is 0.0373. The van der Waals surface area contributed by atoms with Crippen molar-refractivity contribution in [3.05, 3.63) is 114 Å². The number of allylic oxidation sites excluding steroid dienone is 1. The lowest BCUT2D eigenvalue weighted by Crippen LogP contribution is -2.54. The maximum absolute atomic E-state index is 13.3. The molecule has 3 aromatic carbocycles. The monoisotopic (exact) mass is 653 g/mol. The lowest BCUT2D eigenvalue weighted by Gasteiger charge is -2.26. The summed E-state index contributed by atoms with van der Waals surface area (Å²) < 4.78 is 7.35. The van der Waals surface area contributed by atoms with Gasteiger partial charge in [-0.05, 0) is 87.9 Å². The van der Waals surface area contributed by atoms with E-state index in [2.05, 4.69) is 43.8 Å². The summed E-state index contributed by atoms with van der Waals surface area (Å²) in [5.74, 6) is -1.06. The zero-order valence-corrected chi connectivity index (χ0v) is 23.7. The highest BCUT2D eigenvalue weighted by Gasteiger charge is 2.37. The Bertz CT molecular complexity index is 1570. The molecule has 11 heteroatoms. The van der Waals surface area contributed by atoms with Gasteiger partial charge in [0.2, 0.25) is 0 Å². The highest BCUT2D eigenvalue weighted by molar-refractivity contribution is 9.10. The van der Waals surface area contributed by atoms with E-state index in [1.165, 1.54) is 18.2 Å². The van der Waals surface area contributed by atoms with Crippen molar-refractivity contribution in [1.29, 1.82) is 0 Å². The molecule has 4 amide bonds. The third-order valence-corrected chi connectivity index (χ3v) is 7.30. The SMILES string of the molecule is C=CCc1cc(/C=C2\C(=O)NC(=O)N(c3ccc(Br)c(C)c3)C2=O)cc(Br)c1OCc1cccc([N+](=O)[O-])c1. The predicted octanol–water partition coefficient (Wildman–Crippen LogP) is 6.40. The minimum atomic E-state index is -0.831. The molecule has 0 unspecified atom stereocenters. The van der Waals surface area contributed by atoms with E-state index in [-0.39, 0.29) is 17.9 Å². The number of carbonyl (C=O) groups excluding carboxylic acids is 3. The number of nitrogens with zero attached hydrogens (tertiary/aromatic N) is 2. The second-order valence-electron chi connectivity index (χ2n) is 8.59. The molecule has 9 nitrogen and oxygen atoms in total. The van der Waals surface area contributed by atoms with Crippen molar-refractivity contribution >= 4 is 67.2 Å². The maximum atomic E-state index is 13.3. The summed E-state index contributed by atoms with van der Waals surface area (Å²) in [6.07, 6.45) is 3.49. The van der Waals surface area contributed by atoms with E-state index >= 15 is 0 Å². The smallest absolute Gasteiger partial charge is 0.335 e. The number of nitrogens with one attached hydrogen (secondary N) is 1. The Balaban J connectivity index is 1.66. The van der Waals surface area contributed by atoms with Gasteiger partial charge in [-0.15, -0.1) is 6.58 Å². The first-order chi connectivity index (χ1) is 18.6. The van der Waals surface area contributed by atoms with Gasteiger partial charge in [0, 0.05) is 16.6 Å². The number of halogens is 2. The summed E-state index contributed by atoms with van der Waals surface area (Å²) in [7, 11) is 0. The first kappa shape index (κ1) is 27.9. The fraction of sp³-hybridized carbons (Fsp3) is 0.107. The zero-order valence-electron chi connectivity index (χ0n) is 20.6. The third kappa shape index (κ3) is 6.15. The first-order valence-electron chi connectivity index (χ1n) is 11.6. The van der Waals surface area contributed by atoms with Crippen LogP contribution in [0.4, 0.5) is 16.2 Å². The van der Waals surface area contributed by atoms with Crippen molar-refractivity contribution in [2.75, 3.05) is 4.90 Å². The van der Waals surface area contributed by atoms with E-state index in [4.69, 9.17) is 4.74 Å². The average molecular weight is 655 g/mol. The Morgan fingerprint density at radius 2 is 1.85 bits per heavy atom. The van der Waals surface area contributed by atoms with Crippen LogP contribution in [0.2, 0.25) is 0 Å². The number of nitro groups is 1. The number of non-ortho nitro benzene ring substituents is 1. The summed E-state index contributed by atoms with van der Waals surface area (Å²) in [6.45, 7) is 5.68. The van der Waals surface area contributed by atoms with Gasteiger partial charge in [-0.3, -0.25) is 25.0 Å². The zero-order chi connectivity index (χ0) is 28.3. The van der Waals surface area contributed by atoms with Gasteiger partial charge in [0.05, 0.1) is 15.1 Å². The van der Waals surface area contributed by atoms with E-state index in [0.717, 1.165) is 14.9 Å². The number of urea groups is 1. The van der Waals surface area contributed by atoms with E-state index in [0.29, 0.717) is 39.0 Å². The number of carbonyl (C=O) groups is 3. The summed E-state index contributed by atoms with van der Waals surface area (Å²) in [6, 6.07) is 13.7. The van der Waals surface area contributed by atoms with E-state index in [1.54, 1.807) is 48.5 Å². The van der Waals surface area contributed by atoms with Crippen molar-refractivity contribution in [3.63, 3.8) is 0 Å². The van der Waals surface area contributed by atoms with E-state index in [9.17, 15) is 24.5 Å². The van der Waals surface area contributed by atoms with Crippen LogP contribution >= 0.6 is 31.9 Å². The number of anilines is 1. The number of amides is 4. The summed E-state index contributed by atoms with van der Waals surface area (Å²) >= 11 is 6.89. The molecule has 198 valence electrons. The van der Waals surface area contributed by atoms with Crippen LogP contribution in [0, 0.1) is 17.0 Å².